The predicted octanol–water partition coefficient (Wildman–Crippen LogP) is 3.01. The summed E-state index contributed by atoms with van der Waals surface area (Å²) in [4.78, 5) is 16.0. The molecule has 0 unspecified atom stereocenters. The molecule has 5 rings (SSSR count). The molecular weight excluding hydrogens is 380 g/mol. The molecule has 154 valence electrons. The Morgan fingerprint density at radius 1 is 1.07 bits per heavy atom. The quantitative estimate of drug-likeness (QED) is 0.543. The van der Waals surface area contributed by atoms with E-state index in [2.05, 4.69) is 50.4 Å². The number of pyridine rings is 1. The van der Waals surface area contributed by atoms with Crippen LogP contribution >= 0.6 is 0 Å². The van der Waals surface area contributed by atoms with Crippen LogP contribution in [0.4, 0.5) is 17.5 Å². The zero-order chi connectivity index (χ0) is 20.5. The Morgan fingerprint density at radius 3 is 2.70 bits per heavy atom. The summed E-state index contributed by atoms with van der Waals surface area (Å²) in [5.74, 6) is 1.66. The van der Waals surface area contributed by atoms with Crippen molar-refractivity contribution in [1.29, 1.82) is 0 Å². The van der Waals surface area contributed by atoms with Gasteiger partial charge in [-0.05, 0) is 30.2 Å². The van der Waals surface area contributed by atoms with E-state index in [1.807, 2.05) is 35.3 Å². The van der Waals surface area contributed by atoms with Crippen molar-refractivity contribution in [1.82, 2.24) is 29.9 Å². The van der Waals surface area contributed by atoms with Gasteiger partial charge in [0.2, 0.25) is 5.95 Å². The third-order valence-corrected chi connectivity index (χ3v) is 5.13. The monoisotopic (exact) mass is 404 g/mol. The second-order valence-electron chi connectivity index (χ2n) is 7.86. The lowest BCUT2D eigenvalue weighted by Gasteiger charge is -2.28. The zero-order valence-electron chi connectivity index (χ0n) is 17.1. The largest absolute Gasteiger partial charge is 0.378 e. The Bertz CT molecular complexity index is 1170. The molecule has 0 aliphatic carbocycles. The van der Waals surface area contributed by atoms with E-state index < -0.39 is 0 Å². The maximum Gasteiger partial charge on any atom is 0.228 e. The molecule has 3 aromatic heterocycles. The summed E-state index contributed by atoms with van der Waals surface area (Å²) in [5.41, 5.74) is 3.69. The van der Waals surface area contributed by atoms with Crippen molar-refractivity contribution in [2.45, 2.75) is 20.4 Å². The van der Waals surface area contributed by atoms with Crippen molar-refractivity contribution < 1.29 is 4.74 Å². The lowest BCUT2D eigenvalue weighted by atomic mass is 10.2. The molecule has 0 atom stereocenters. The van der Waals surface area contributed by atoms with Crippen molar-refractivity contribution in [3.8, 4) is 0 Å². The van der Waals surface area contributed by atoms with Gasteiger partial charge in [-0.15, -0.1) is 5.10 Å². The molecule has 1 fully saturated rings. The first-order valence-corrected chi connectivity index (χ1v) is 10.2. The van der Waals surface area contributed by atoms with Crippen LogP contribution in [0.5, 0.6) is 0 Å². The number of nitrogens with one attached hydrogen (secondary N) is 1. The van der Waals surface area contributed by atoms with Gasteiger partial charge in [0.05, 0.1) is 25.1 Å². The van der Waals surface area contributed by atoms with Gasteiger partial charge in [-0.1, -0.05) is 19.1 Å². The van der Waals surface area contributed by atoms with Crippen molar-refractivity contribution in [2.75, 3.05) is 36.5 Å². The number of fused-ring (bicyclic) bond motifs is 3. The number of anilines is 3. The van der Waals surface area contributed by atoms with E-state index in [4.69, 9.17) is 9.72 Å². The standard InChI is InChI=1S/C21H24N8O/c1-14(2)13-29-20-17(26-27-29)5-3-15-11-23-21(25-19(15)20)24-18-6-4-16(12-22-18)28-7-9-30-10-8-28/h3-6,11-12,14H,7-10,13H2,1-2H3,(H,22,23,24,25). The number of nitrogens with zero attached hydrogens (tertiary/aromatic N) is 7. The van der Waals surface area contributed by atoms with Gasteiger partial charge in [0, 0.05) is 31.2 Å². The average Bonchev–Trinajstić information content (AvgIpc) is 3.17. The first-order valence-electron chi connectivity index (χ1n) is 10.2. The summed E-state index contributed by atoms with van der Waals surface area (Å²) in [6, 6.07) is 7.94. The fraction of sp³-hybridized carbons (Fsp3) is 0.381. The van der Waals surface area contributed by atoms with Gasteiger partial charge in [-0.3, -0.25) is 0 Å². The predicted molar refractivity (Wildman–Crippen MR) is 116 cm³/mol. The lowest BCUT2D eigenvalue weighted by molar-refractivity contribution is 0.122. The van der Waals surface area contributed by atoms with Crippen molar-refractivity contribution in [3.05, 3.63) is 36.7 Å². The van der Waals surface area contributed by atoms with E-state index >= 15 is 0 Å². The highest BCUT2D eigenvalue weighted by molar-refractivity contribution is 6.01. The fourth-order valence-corrected chi connectivity index (χ4v) is 3.67. The topological polar surface area (TPSA) is 93.9 Å². The molecule has 4 aromatic rings. The maximum absolute atomic E-state index is 5.41. The minimum absolute atomic E-state index is 0.457. The van der Waals surface area contributed by atoms with E-state index in [0.29, 0.717) is 17.7 Å². The summed E-state index contributed by atoms with van der Waals surface area (Å²) in [7, 11) is 0. The average molecular weight is 404 g/mol. The van der Waals surface area contributed by atoms with E-state index in [1.165, 1.54) is 0 Å². The number of hydrogen-bond acceptors (Lipinski definition) is 8. The Labute approximate surface area is 174 Å². The number of rotatable bonds is 5. The van der Waals surface area contributed by atoms with Crippen LogP contribution in [0.1, 0.15) is 13.8 Å². The first-order chi connectivity index (χ1) is 14.7. The van der Waals surface area contributed by atoms with Gasteiger partial charge >= 0.3 is 0 Å². The van der Waals surface area contributed by atoms with E-state index in [1.54, 1.807) is 0 Å². The molecule has 0 spiro atoms. The highest BCUT2D eigenvalue weighted by Crippen LogP contribution is 2.24. The van der Waals surface area contributed by atoms with Crippen LogP contribution in [0.25, 0.3) is 21.9 Å². The molecule has 30 heavy (non-hydrogen) atoms. The van der Waals surface area contributed by atoms with Gasteiger partial charge in [0.1, 0.15) is 22.4 Å². The van der Waals surface area contributed by atoms with Crippen molar-refractivity contribution in [3.63, 3.8) is 0 Å². The van der Waals surface area contributed by atoms with Gasteiger partial charge in [0.15, 0.2) is 0 Å². The number of ether oxygens (including phenoxy) is 1. The summed E-state index contributed by atoms with van der Waals surface area (Å²) >= 11 is 0. The summed E-state index contributed by atoms with van der Waals surface area (Å²) in [6.07, 6.45) is 3.69. The van der Waals surface area contributed by atoms with E-state index in [9.17, 15) is 0 Å². The highest BCUT2D eigenvalue weighted by atomic mass is 16.5. The summed E-state index contributed by atoms with van der Waals surface area (Å²) in [5, 5.41) is 12.8. The molecule has 0 amide bonds. The van der Waals surface area contributed by atoms with Crippen LogP contribution in [-0.2, 0) is 11.3 Å². The summed E-state index contributed by atoms with van der Waals surface area (Å²) < 4.78 is 7.34. The SMILES string of the molecule is CC(C)Cn1nnc2ccc3cnc(Nc4ccc(N5CCOCC5)cn4)nc3c21. The van der Waals surface area contributed by atoms with Crippen molar-refractivity contribution >= 4 is 39.4 Å². The van der Waals surface area contributed by atoms with Gasteiger partial charge < -0.3 is 15.0 Å². The van der Waals surface area contributed by atoms with Crippen LogP contribution in [-0.4, -0.2) is 56.2 Å². The maximum atomic E-state index is 5.41. The van der Waals surface area contributed by atoms with Crippen LogP contribution in [0.3, 0.4) is 0 Å². The van der Waals surface area contributed by atoms with Crippen LogP contribution in [0.2, 0.25) is 0 Å². The Morgan fingerprint density at radius 2 is 1.93 bits per heavy atom. The first kappa shape index (κ1) is 18.7. The molecule has 1 aliphatic heterocycles. The number of morpholine rings is 1. The third-order valence-electron chi connectivity index (χ3n) is 5.13. The molecule has 1 N–H and O–H groups in total. The molecular formula is C21H24N8O. The third kappa shape index (κ3) is 3.63. The normalized spacial score (nSPS) is 14.7. The smallest absolute Gasteiger partial charge is 0.228 e. The molecule has 0 saturated carbocycles. The molecule has 9 nitrogen and oxygen atoms in total. The van der Waals surface area contributed by atoms with Crippen molar-refractivity contribution in [2.24, 2.45) is 5.92 Å². The molecule has 9 heteroatoms. The molecule has 1 aromatic carbocycles. The molecule has 0 bridgehead atoms. The number of benzene rings is 1. The van der Waals surface area contributed by atoms with E-state index in [-0.39, 0.29) is 0 Å². The molecule has 4 heterocycles. The Balaban J connectivity index is 1.44. The molecule has 0 radical (unpaired) electrons. The second-order valence-corrected chi connectivity index (χ2v) is 7.86. The minimum Gasteiger partial charge on any atom is -0.378 e. The Kier molecular flexibility index (Phi) is 4.88. The van der Waals surface area contributed by atoms with Gasteiger partial charge in [-0.2, -0.15) is 0 Å². The number of aromatic nitrogens is 6. The minimum atomic E-state index is 0.457. The van der Waals surface area contributed by atoms with Crippen LogP contribution < -0.4 is 10.2 Å². The van der Waals surface area contributed by atoms with Crippen LogP contribution in [0.15, 0.2) is 36.7 Å². The molecule has 1 saturated heterocycles. The van der Waals surface area contributed by atoms with Gasteiger partial charge in [-0.25, -0.2) is 19.6 Å². The fourth-order valence-electron chi connectivity index (χ4n) is 3.67. The summed E-state index contributed by atoms with van der Waals surface area (Å²) in [6.45, 7) is 8.38. The molecule has 1 aliphatic rings. The zero-order valence-corrected chi connectivity index (χ0v) is 17.1. The van der Waals surface area contributed by atoms with E-state index in [0.717, 1.165) is 60.5 Å². The van der Waals surface area contributed by atoms with Gasteiger partial charge in [0.25, 0.3) is 0 Å². The second kappa shape index (κ2) is 7.83. The highest BCUT2D eigenvalue weighted by Gasteiger charge is 2.14. The number of hydrogen-bond donors (Lipinski definition) is 1. The van der Waals surface area contributed by atoms with Crippen LogP contribution in [0, 0.1) is 5.92 Å². The lowest BCUT2D eigenvalue weighted by Crippen LogP contribution is -2.36. The Hall–Kier alpha value is -3.33.